The number of hydrogen-bond acceptors (Lipinski definition) is 3. The molecule has 1 aromatic heterocycles. The molecule has 2 rings (SSSR count). The zero-order valence-corrected chi connectivity index (χ0v) is 26.6. The van der Waals surface area contributed by atoms with Crippen LogP contribution >= 0.6 is 23.1 Å². The minimum atomic E-state index is 1.17. The SMILES string of the molecule is CCCCCCCCCCCCN1C(C)=CS/C1=C\c1scc(C)[n+]1CCCCCCCCCCCC. The average molecular weight is 548 g/mol. The number of thiazole rings is 1. The molecule has 4 heteroatoms. The first-order valence-corrected chi connectivity index (χ1v) is 17.7. The third kappa shape index (κ3) is 13.8. The highest BCUT2D eigenvalue weighted by Crippen LogP contribution is 2.36. The number of aromatic nitrogens is 1. The van der Waals surface area contributed by atoms with Crippen molar-refractivity contribution < 1.29 is 4.57 Å². The molecule has 37 heavy (non-hydrogen) atoms. The van der Waals surface area contributed by atoms with Gasteiger partial charge in [0.2, 0.25) is 0 Å². The summed E-state index contributed by atoms with van der Waals surface area (Å²) in [6, 6.07) is 0. The molecule has 0 aliphatic carbocycles. The van der Waals surface area contributed by atoms with E-state index < -0.39 is 0 Å². The lowest BCUT2D eigenvalue weighted by atomic mass is 10.1. The van der Waals surface area contributed by atoms with Gasteiger partial charge in [0.05, 0.1) is 16.5 Å². The van der Waals surface area contributed by atoms with Gasteiger partial charge in [-0.3, -0.25) is 0 Å². The molecular weight excluding hydrogens is 489 g/mol. The summed E-state index contributed by atoms with van der Waals surface area (Å²) in [6.07, 6.45) is 30.5. The van der Waals surface area contributed by atoms with Crippen molar-refractivity contribution in [1.82, 2.24) is 4.90 Å². The Bertz CT molecular complexity index is 764. The minimum absolute atomic E-state index is 1.17. The lowest BCUT2D eigenvalue weighted by molar-refractivity contribution is -0.700. The second kappa shape index (κ2) is 21.1. The zero-order valence-electron chi connectivity index (χ0n) is 25.0. The topological polar surface area (TPSA) is 7.12 Å². The largest absolute Gasteiger partial charge is 0.339 e. The summed E-state index contributed by atoms with van der Waals surface area (Å²) >= 11 is 3.83. The third-order valence-electron chi connectivity index (χ3n) is 7.80. The molecule has 0 bridgehead atoms. The smallest absolute Gasteiger partial charge is 0.264 e. The predicted molar refractivity (Wildman–Crippen MR) is 169 cm³/mol. The van der Waals surface area contributed by atoms with Crippen molar-refractivity contribution in [2.45, 2.75) is 163 Å². The second-order valence-electron chi connectivity index (χ2n) is 11.2. The lowest BCUT2D eigenvalue weighted by Crippen LogP contribution is -2.37. The van der Waals surface area contributed by atoms with Crippen LogP contribution in [0.4, 0.5) is 0 Å². The molecule has 0 aromatic carbocycles. The molecule has 1 aromatic rings. The summed E-state index contributed by atoms with van der Waals surface area (Å²) < 4.78 is 2.56. The fraction of sp³-hybridized carbons (Fsp3) is 0.788. The third-order valence-corrected chi connectivity index (χ3v) is 9.88. The normalized spacial score (nSPS) is 14.8. The Morgan fingerprint density at radius 2 is 1.16 bits per heavy atom. The highest BCUT2D eigenvalue weighted by atomic mass is 32.2. The van der Waals surface area contributed by atoms with Gasteiger partial charge >= 0.3 is 0 Å². The van der Waals surface area contributed by atoms with Gasteiger partial charge in [-0.15, -0.1) is 0 Å². The van der Waals surface area contributed by atoms with E-state index >= 15 is 0 Å². The Balaban J connectivity index is 1.68. The van der Waals surface area contributed by atoms with Crippen LogP contribution in [-0.2, 0) is 6.54 Å². The first-order chi connectivity index (χ1) is 18.2. The second-order valence-corrected chi connectivity index (χ2v) is 13.0. The number of rotatable bonds is 23. The molecule has 0 radical (unpaired) electrons. The van der Waals surface area contributed by atoms with E-state index in [2.05, 4.69) is 54.0 Å². The van der Waals surface area contributed by atoms with Gasteiger partial charge in [-0.25, -0.2) is 0 Å². The highest BCUT2D eigenvalue weighted by molar-refractivity contribution is 8.06. The Labute approximate surface area is 239 Å². The molecule has 1 aliphatic heterocycles. The van der Waals surface area contributed by atoms with Crippen molar-refractivity contribution in [3.05, 3.63) is 32.2 Å². The fourth-order valence-corrected chi connectivity index (χ4v) is 7.31. The van der Waals surface area contributed by atoms with Crippen LogP contribution in [0.15, 0.2) is 21.5 Å². The molecule has 0 unspecified atom stereocenters. The van der Waals surface area contributed by atoms with Crippen molar-refractivity contribution in [2.75, 3.05) is 6.54 Å². The van der Waals surface area contributed by atoms with Gasteiger partial charge in [-0.1, -0.05) is 146 Å². The van der Waals surface area contributed by atoms with Crippen LogP contribution < -0.4 is 4.57 Å². The van der Waals surface area contributed by atoms with Gasteiger partial charge in [0.1, 0.15) is 6.54 Å². The summed E-state index contributed by atoms with van der Waals surface area (Å²) in [5.74, 6) is 0. The zero-order chi connectivity index (χ0) is 26.6. The number of unbranched alkanes of at least 4 members (excludes halogenated alkanes) is 18. The van der Waals surface area contributed by atoms with Crippen molar-refractivity contribution in [3.8, 4) is 0 Å². The van der Waals surface area contributed by atoms with Gasteiger partial charge < -0.3 is 4.90 Å². The van der Waals surface area contributed by atoms with Crippen LogP contribution in [0.3, 0.4) is 0 Å². The Kier molecular flexibility index (Phi) is 18.5. The van der Waals surface area contributed by atoms with E-state index in [0.717, 1.165) is 0 Å². The molecule has 0 N–H and O–H groups in total. The van der Waals surface area contributed by atoms with Crippen molar-refractivity contribution >= 4 is 29.2 Å². The molecule has 0 fully saturated rings. The number of aryl methyl sites for hydroxylation is 1. The van der Waals surface area contributed by atoms with Gasteiger partial charge in [0.15, 0.2) is 5.69 Å². The van der Waals surface area contributed by atoms with Crippen LogP contribution in [0, 0.1) is 6.92 Å². The van der Waals surface area contributed by atoms with Crippen LogP contribution in [0.2, 0.25) is 0 Å². The van der Waals surface area contributed by atoms with Gasteiger partial charge in [0.25, 0.3) is 5.01 Å². The van der Waals surface area contributed by atoms with Crippen LogP contribution in [0.25, 0.3) is 6.08 Å². The molecule has 1 aliphatic rings. The van der Waals surface area contributed by atoms with E-state index in [0.29, 0.717) is 0 Å². The fourth-order valence-electron chi connectivity index (χ4n) is 5.31. The molecule has 2 heterocycles. The Morgan fingerprint density at radius 1 is 0.676 bits per heavy atom. The van der Waals surface area contributed by atoms with Gasteiger partial charge in [-0.05, 0) is 25.2 Å². The van der Waals surface area contributed by atoms with Crippen molar-refractivity contribution in [2.24, 2.45) is 0 Å². The number of nitrogens with zero attached hydrogens (tertiary/aromatic N) is 2. The minimum Gasteiger partial charge on any atom is -0.339 e. The number of hydrogen-bond donors (Lipinski definition) is 0. The molecule has 0 saturated carbocycles. The van der Waals surface area contributed by atoms with Crippen LogP contribution in [-0.4, -0.2) is 11.4 Å². The Hall–Kier alpha value is -0.740. The van der Waals surface area contributed by atoms with E-state index in [4.69, 9.17) is 0 Å². The number of allylic oxidation sites excluding steroid dienone is 1. The standard InChI is InChI=1S/C33H59N2S2/c1-5-7-9-11-13-15-17-19-21-23-25-34-30(3)28-36-32(34)27-33-35(31(4)29-37-33)26-24-22-20-18-16-14-12-10-8-6-2/h27-29H,5-26H2,1-4H3/q+1. The van der Waals surface area contributed by atoms with Crippen LogP contribution in [0.5, 0.6) is 0 Å². The molecule has 2 nitrogen and oxygen atoms in total. The van der Waals surface area contributed by atoms with E-state index in [9.17, 15) is 0 Å². The maximum atomic E-state index is 2.56. The molecule has 0 amide bonds. The molecule has 0 spiro atoms. The quantitative estimate of drug-likeness (QED) is 0.0993. The first-order valence-electron chi connectivity index (χ1n) is 16.0. The monoisotopic (exact) mass is 547 g/mol. The van der Waals surface area contributed by atoms with E-state index in [1.165, 1.54) is 163 Å². The Morgan fingerprint density at radius 3 is 1.70 bits per heavy atom. The van der Waals surface area contributed by atoms with E-state index in [1.807, 2.05) is 23.1 Å². The summed E-state index contributed by atoms with van der Waals surface area (Å²) in [4.78, 5) is 2.56. The van der Waals surface area contributed by atoms with Gasteiger partial charge in [-0.2, -0.15) is 4.57 Å². The highest BCUT2D eigenvalue weighted by Gasteiger charge is 2.22. The average Bonchev–Trinajstić information content (AvgIpc) is 3.42. The maximum Gasteiger partial charge on any atom is 0.264 e. The van der Waals surface area contributed by atoms with Gasteiger partial charge in [0, 0.05) is 25.6 Å². The molecule has 0 saturated heterocycles. The summed E-state index contributed by atoms with van der Waals surface area (Å²) in [6.45, 7) is 11.5. The summed E-state index contributed by atoms with van der Waals surface area (Å²) in [5.41, 5.74) is 2.84. The molecule has 212 valence electrons. The van der Waals surface area contributed by atoms with Crippen molar-refractivity contribution in [1.29, 1.82) is 0 Å². The van der Waals surface area contributed by atoms with E-state index in [1.54, 1.807) is 0 Å². The summed E-state index contributed by atoms with van der Waals surface area (Å²) in [7, 11) is 0. The lowest BCUT2D eigenvalue weighted by Gasteiger charge is -2.21. The molecule has 0 atom stereocenters. The van der Waals surface area contributed by atoms with Crippen molar-refractivity contribution in [3.63, 3.8) is 0 Å². The van der Waals surface area contributed by atoms with Crippen LogP contribution in [0.1, 0.15) is 160 Å². The number of thioether (sulfide) groups is 1. The maximum absolute atomic E-state index is 2.56. The summed E-state index contributed by atoms with van der Waals surface area (Å²) in [5, 5.41) is 7.53. The molecular formula is C33H59N2S2+. The first kappa shape index (κ1) is 32.5. The predicted octanol–water partition coefficient (Wildman–Crippen LogP) is 11.4. The van der Waals surface area contributed by atoms with E-state index in [-0.39, 0.29) is 0 Å².